The molecule has 2 amide bonds. The van der Waals surface area contributed by atoms with Gasteiger partial charge in [-0.25, -0.2) is 4.79 Å². The quantitative estimate of drug-likeness (QED) is 0.754. The minimum Gasteiger partial charge on any atom is -0.406 e. The number of aliphatic hydroxyl groups excluding tert-OH is 1. The lowest BCUT2D eigenvalue weighted by atomic mass is 10.1. The van der Waals surface area contributed by atoms with Crippen LogP contribution in [0.15, 0.2) is 24.3 Å². The van der Waals surface area contributed by atoms with E-state index in [1.807, 2.05) is 13.8 Å². The van der Waals surface area contributed by atoms with Crippen LogP contribution >= 0.6 is 0 Å². The van der Waals surface area contributed by atoms with Crippen LogP contribution in [0.3, 0.4) is 0 Å². The van der Waals surface area contributed by atoms with Crippen molar-refractivity contribution in [2.45, 2.75) is 32.7 Å². The number of alkyl halides is 3. The van der Waals surface area contributed by atoms with E-state index in [0.717, 1.165) is 12.1 Å². The molecule has 1 unspecified atom stereocenters. The molecule has 0 bridgehead atoms. The summed E-state index contributed by atoms with van der Waals surface area (Å²) in [7, 11) is 0. The summed E-state index contributed by atoms with van der Waals surface area (Å²) < 4.78 is 39.7. The molecular formula is C14H19F3N2O3. The third kappa shape index (κ3) is 7.72. The lowest BCUT2D eigenvalue weighted by Crippen LogP contribution is -2.35. The Morgan fingerprint density at radius 2 is 1.86 bits per heavy atom. The van der Waals surface area contributed by atoms with Crippen LogP contribution in [-0.4, -0.2) is 30.1 Å². The maximum Gasteiger partial charge on any atom is 0.573 e. The van der Waals surface area contributed by atoms with Gasteiger partial charge in [-0.15, -0.1) is 13.2 Å². The summed E-state index contributed by atoms with van der Waals surface area (Å²) in [4.78, 5) is 11.6. The van der Waals surface area contributed by atoms with E-state index >= 15 is 0 Å². The Morgan fingerprint density at radius 3 is 2.36 bits per heavy atom. The first-order valence-electron chi connectivity index (χ1n) is 6.74. The van der Waals surface area contributed by atoms with E-state index in [1.54, 1.807) is 0 Å². The van der Waals surface area contributed by atoms with Gasteiger partial charge in [-0.05, 0) is 36.6 Å². The summed E-state index contributed by atoms with van der Waals surface area (Å²) in [5.74, 6) is -0.0631. The van der Waals surface area contributed by atoms with Gasteiger partial charge in [0, 0.05) is 12.2 Å². The molecule has 3 N–H and O–H groups in total. The zero-order valence-corrected chi connectivity index (χ0v) is 12.3. The van der Waals surface area contributed by atoms with Gasteiger partial charge in [0.05, 0.1) is 6.10 Å². The predicted molar refractivity (Wildman–Crippen MR) is 75.6 cm³/mol. The fraction of sp³-hybridized carbons (Fsp3) is 0.500. The molecule has 1 aromatic carbocycles. The second kappa shape index (κ2) is 7.88. The Kier molecular flexibility index (Phi) is 6.48. The summed E-state index contributed by atoms with van der Waals surface area (Å²) >= 11 is 0. The van der Waals surface area contributed by atoms with Gasteiger partial charge in [0.1, 0.15) is 5.75 Å². The lowest BCUT2D eigenvalue weighted by molar-refractivity contribution is -0.274. The number of carbonyl (C=O) groups is 1. The van der Waals surface area contributed by atoms with Gasteiger partial charge in [0.2, 0.25) is 0 Å². The molecule has 124 valence electrons. The molecule has 0 radical (unpaired) electrons. The minimum atomic E-state index is -4.75. The largest absolute Gasteiger partial charge is 0.573 e. The first-order chi connectivity index (χ1) is 10.2. The first-order valence-corrected chi connectivity index (χ1v) is 6.74. The van der Waals surface area contributed by atoms with Gasteiger partial charge in [-0.1, -0.05) is 13.8 Å². The van der Waals surface area contributed by atoms with Crippen LogP contribution in [0.25, 0.3) is 0 Å². The van der Waals surface area contributed by atoms with Gasteiger partial charge in [-0.2, -0.15) is 0 Å². The molecule has 0 aromatic heterocycles. The second-order valence-corrected chi connectivity index (χ2v) is 5.19. The summed E-state index contributed by atoms with van der Waals surface area (Å²) in [6.07, 6.45) is -4.84. The fourth-order valence-electron chi connectivity index (χ4n) is 1.75. The van der Waals surface area contributed by atoms with Gasteiger partial charge < -0.3 is 20.5 Å². The van der Waals surface area contributed by atoms with Crippen LogP contribution in [-0.2, 0) is 0 Å². The van der Waals surface area contributed by atoms with Crippen LogP contribution in [0.5, 0.6) is 5.75 Å². The van der Waals surface area contributed by atoms with Crippen molar-refractivity contribution in [3.05, 3.63) is 24.3 Å². The molecule has 8 heteroatoms. The van der Waals surface area contributed by atoms with Crippen LogP contribution in [0.1, 0.15) is 20.3 Å². The molecule has 1 rings (SSSR count). The Hall–Kier alpha value is -1.96. The normalized spacial score (nSPS) is 12.9. The van der Waals surface area contributed by atoms with Crippen LogP contribution in [0, 0.1) is 5.92 Å². The molecule has 1 aromatic rings. The summed E-state index contributed by atoms with van der Waals surface area (Å²) in [6.45, 7) is 4.00. The van der Waals surface area contributed by atoms with Gasteiger partial charge in [0.25, 0.3) is 0 Å². The van der Waals surface area contributed by atoms with Gasteiger partial charge in [0.15, 0.2) is 0 Å². The molecule has 0 saturated heterocycles. The number of hydrogen-bond donors (Lipinski definition) is 3. The monoisotopic (exact) mass is 320 g/mol. The van der Waals surface area contributed by atoms with Crippen molar-refractivity contribution in [1.29, 1.82) is 0 Å². The smallest absolute Gasteiger partial charge is 0.406 e. The minimum absolute atomic E-state index is 0.0965. The van der Waals surface area contributed by atoms with Crippen molar-refractivity contribution in [3.8, 4) is 5.75 Å². The molecule has 22 heavy (non-hydrogen) atoms. The standard InChI is InChI=1S/C14H19F3N2O3/c1-9(2)7-11(20)8-18-13(21)19-10-3-5-12(6-4-10)22-14(15,16)17/h3-6,9,11,20H,7-8H2,1-2H3,(H2,18,19,21). The number of halogens is 3. The molecule has 0 heterocycles. The molecular weight excluding hydrogens is 301 g/mol. The number of ether oxygens (including phenoxy) is 1. The van der Waals surface area contributed by atoms with Crippen molar-refractivity contribution < 1.29 is 27.8 Å². The first kappa shape index (κ1) is 18.1. The highest BCUT2D eigenvalue weighted by Crippen LogP contribution is 2.23. The zero-order chi connectivity index (χ0) is 16.8. The number of anilines is 1. The number of amides is 2. The Labute approximate surface area is 126 Å². The van der Waals surface area contributed by atoms with Crippen LogP contribution < -0.4 is 15.4 Å². The number of nitrogens with one attached hydrogen (secondary N) is 2. The third-order valence-electron chi connectivity index (χ3n) is 2.59. The fourth-order valence-corrected chi connectivity index (χ4v) is 1.75. The molecule has 1 atom stereocenters. The van der Waals surface area contributed by atoms with Crippen molar-refractivity contribution >= 4 is 11.7 Å². The summed E-state index contributed by atoms with van der Waals surface area (Å²) in [5, 5.41) is 14.5. The van der Waals surface area contributed by atoms with E-state index in [1.165, 1.54) is 12.1 Å². The number of rotatable bonds is 6. The van der Waals surface area contributed by atoms with Crippen LogP contribution in [0.2, 0.25) is 0 Å². The van der Waals surface area contributed by atoms with E-state index in [-0.39, 0.29) is 12.3 Å². The molecule has 5 nitrogen and oxygen atoms in total. The summed E-state index contributed by atoms with van der Waals surface area (Å²) in [5.41, 5.74) is 0.311. The van der Waals surface area contributed by atoms with Gasteiger partial charge in [-0.3, -0.25) is 0 Å². The van der Waals surface area contributed by atoms with Crippen molar-refractivity contribution in [3.63, 3.8) is 0 Å². The number of hydrogen-bond acceptors (Lipinski definition) is 3. The molecule has 0 spiro atoms. The van der Waals surface area contributed by atoms with Gasteiger partial charge >= 0.3 is 12.4 Å². The maximum atomic E-state index is 12.0. The SMILES string of the molecule is CC(C)CC(O)CNC(=O)Nc1ccc(OC(F)(F)F)cc1. The highest BCUT2D eigenvalue weighted by atomic mass is 19.4. The van der Waals surface area contributed by atoms with E-state index < -0.39 is 18.5 Å². The molecule has 0 fully saturated rings. The van der Waals surface area contributed by atoms with E-state index in [4.69, 9.17) is 0 Å². The average molecular weight is 320 g/mol. The highest BCUT2D eigenvalue weighted by molar-refractivity contribution is 5.89. The van der Waals surface area contributed by atoms with Crippen LogP contribution in [0.4, 0.5) is 23.7 Å². The molecule has 0 saturated carbocycles. The number of benzene rings is 1. The average Bonchev–Trinajstić information content (AvgIpc) is 2.36. The second-order valence-electron chi connectivity index (χ2n) is 5.19. The lowest BCUT2D eigenvalue weighted by Gasteiger charge is -2.14. The molecule has 0 aliphatic heterocycles. The van der Waals surface area contributed by atoms with Crippen molar-refractivity contribution in [2.75, 3.05) is 11.9 Å². The Morgan fingerprint density at radius 1 is 1.27 bits per heavy atom. The summed E-state index contributed by atoms with van der Waals surface area (Å²) in [6, 6.07) is 4.20. The number of aliphatic hydroxyl groups is 1. The Balaban J connectivity index is 2.41. The molecule has 0 aliphatic carbocycles. The predicted octanol–water partition coefficient (Wildman–Crippen LogP) is 3.11. The number of carbonyl (C=O) groups excluding carboxylic acids is 1. The van der Waals surface area contributed by atoms with E-state index in [0.29, 0.717) is 18.0 Å². The maximum absolute atomic E-state index is 12.0. The van der Waals surface area contributed by atoms with E-state index in [2.05, 4.69) is 15.4 Å². The van der Waals surface area contributed by atoms with Crippen molar-refractivity contribution in [1.82, 2.24) is 5.32 Å². The topological polar surface area (TPSA) is 70.6 Å². The molecule has 0 aliphatic rings. The third-order valence-corrected chi connectivity index (χ3v) is 2.59. The zero-order valence-electron chi connectivity index (χ0n) is 12.3. The van der Waals surface area contributed by atoms with Crippen molar-refractivity contribution in [2.24, 2.45) is 5.92 Å². The highest BCUT2D eigenvalue weighted by Gasteiger charge is 2.30. The Bertz CT molecular complexity index is 475. The van der Waals surface area contributed by atoms with E-state index in [9.17, 15) is 23.1 Å². The number of urea groups is 1.